The Morgan fingerprint density at radius 2 is 1.92 bits per heavy atom. The van der Waals surface area contributed by atoms with E-state index >= 15 is 0 Å². The van der Waals surface area contributed by atoms with E-state index in [0.29, 0.717) is 12.0 Å². The first-order chi connectivity index (χ1) is 12.7. The average Bonchev–Trinajstić information content (AvgIpc) is 3.48. The van der Waals surface area contributed by atoms with Gasteiger partial charge in [0.15, 0.2) is 0 Å². The van der Waals surface area contributed by atoms with Crippen LogP contribution in [0.25, 0.3) is 11.4 Å². The summed E-state index contributed by atoms with van der Waals surface area (Å²) in [4.78, 5) is 13.8. The van der Waals surface area contributed by atoms with E-state index in [0.717, 1.165) is 29.3 Å². The maximum Gasteiger partial charge on any atom is 0.225 e. The molecular weight excluding hydrogens is 322 g/mol. The molecule has 2 N–H and O–H groups in total. The Hall–Kier alpha value is -2.95. The molecule has 0 unspecified atom stereocenters. The van der Waals surface area contributed by atoms with Gasteiger partial charge in [0, 0.05) is 24.0 Å². The van der Waals surface area contributed by atoms with Gasteiger partial charge in [0.1, 0.15) is 5.82 Å². The Labute approximate surface area is 153 Å². The number of anilines is 3. The van der Waals surface area contributed by atoms with Gasteiger partial charge in [-0.3, -0.25) is 4.98 Å². The van der Waals surface area contributed by atoms with Gasteiger partial charge in [-0.2, -0.15) is 4.98 Å². The first-order valence-electron chi connectivity index (χ1n) is 9.15. The monoisotopic (exact) mass is 345 g/mol. The van der Waals surface area contributed by atoms with Crippen LogP contribution in [0.2, 0.25) is 0 Å². The van der Waals surface area contributed by atoms with Gasteiger partial charge in [-0.25, -0.2) is 4.98 Å². The van der Waals surface area contributed by atoms with Crippen molar-refractivity contribution in [3.05, 3.63) is 59.8 Å². The molecule has 5 heteroatoms. The number of nitrogens with one attached hydrogen (secondary N) is 2. The van der Waals surface area contributed by atoms with Gasteiger partial charge in [0.25, 0.3) is 0 Å². The summed E-state index contributed by atoms with van der Waals surface area (Å²) in [5, 5.41) is 6.92. The highest BCUT2D eigenvalue weighted by Gasteiger charge is 2.22. The minimum Gasteiger partial charge on any atom is -0.351 e. The van der Waals surface area contributed by atoms with E-state index < -0.39 is 0 Å². The highest BCUT2D eigenvalue weighted by Crippen LogP contribution is 2.29. The first-order valence-corrected chi connectivity index (χ1v) is 9.15. The third kappa shape index (κ3) is 3.67. The van der Waals surface area contributed by atoms with Crippen LogP contribution in [0, 0.1) is 6.92 Å². The molecule has 0 spiro atoms. The average molecular weight is 345 g/mol. The number of benzene rings is 1. The van der Waals surface area contributed by atoms with Crippen molar-refractivity contribution in [1.82, 2.24) is 15.0 Å². The van der Waals surface area contributed by atoms with E-state index in [2.05, 4.69) is 57.6 Å². The van der Waals surface area contributed by atoms with Crippen molar-refractivity contribution in [2.24, 2.45) is 0 Å². The minimum absolute atomic E-state index is 0.492. The molecule has 1 aromatic carbocycles. The lowest BCUT2D eigenvalue weighted by Crippen LogP contribution is -2.08. The van der Waals surface area contributed by atoms with Gasteiger partial charge in [-0.15, -0.1) is 0 Å². The zero-order chi connectivity index (χ0) is 17.9. The van der Waals surface area contributed by atoms with Crippen molar-refractivity contribution in [3.63, 3.8) is 0 Å². The fourth-order valence-electron chi connectivity index (χ4n) is 2.96. The smallest absolute Gasteiger partial charge is 0.225 e. The van der Waals surface area contributed by atoms with Gasteiger partial charge in [0.2, 0.25) is 5.95 Å². The second kappa shape index (κ2) is 7.12. The Bertz CT molecular complexity index is 904. The summed E-state index contributed by atoms with van der Waals surface area (Å²) in [6.45, 7) is 4.28. The zero-order valence-corrected chi connectivity index (χ0v) is 15.2. The molecule has 1 saturated carbocycles. The molecule has 2 heterocycles. The normalized spacial score (nSPS) is 13.5. The van der Waals surface area contributed by atoms with Crippen molar-refractivity contribution in [1.29, 1.82) is 0 Å². The molecule has 5 nitrogen and oxygen atoms in total. The summed E-state index contributed by atoms with van der Waals surface area (Å²) in [5.41, 5.74) is 5.27. The predicted octanol–water partition coefficient (Wildman–Crippen LogP) is 4.73. The third-order valence-corrected chi connectivity index (χ3v) is 4.56. The molecular formula is C21H23N5. The summed E-state index contributed by atoms with van der Waals surface area (Å²) in [6, 6.07) is 14.7. The molecule has 26 heavy (non-hydrogen) atoms. The van der Waals surface area contributed by atoms with Gasteiger partial charge < -0.3 is 10.6 Å². The molecule has 1 aliphatic rings. The number of pyridine rings is 1. The zero-order valence-electron chi connectivity index (χ0n) is 15.2. The molecule has 1 fully saturated rings. The van der Waals surface area contributed by atoms with E-state index in [4.69, 9.17) is 0 Å². The van der Waals surface area contributed by atoms with Gasteiger partial charge >= 0.3 is 0 Å². The number of nitrogens with zero attached hydrogens (tertiary/aromatic N) is 3. The Morgan fingerprint density at radius 3 is 2.65 bits per heavy atom. The summed E-state index contributed by atoms with van der Waals surface area (Å²) in [5.74, 6) is 1.44. The van der Waals surface area contributed by atoms with Crippen LogP contribution >= 0.6 is 0 Å². The maximum absolute atomic E-state index is 4.69. The molecule has 0 aliphatic heterocycles. The predicted molar refractivity (Wildman–Crippen MR) is 106 cm³/mol. The van der Waals surface area contributed by atoms with Crippen molar-refractivity contribution in [2.45, 2.75) is 39.2 Å². The van der Waals surface area contributed by atoms with E-state index in [-0.39, 0.29) is 0 Å². The molecule has 132 valence electrons. The van der Waals surface area contributed by atoms with Crippen molar-refractivity contribution >= 4 is 17.5 Å². The second-order valence-electron chi connectivity index (χ2n) is 6.68. The van der Waals surface area contributed by atoms with Crippen LogP contribution in [0.15, 0.2) is 48.7 Å². The van der Waals surface area contributed by atoms with Crippen LogP contribution < -0.4 is 10.6 Å². The summed E-state index contributed by atoms with van der Waals surface area (Å²) >= 11 is 0. The lowest BCUT2D eigenvalue weighted by Gasteiger charge is -2.15. The number of para-hydroxylation sites is 1. The van der Waals surface area contributed by atoms with E-state index in [1.807, 2.05) is 24.3 Å². The SMILES string of the molecule is CCc1cccc(C)c1Nc1cc(-c2ccccn2)nc(NC2CC2)n1. The van der Waals surface area contributed by atoms with Gasteiger partial charge in [-0.1, -0.05) is 31.2 Å². The van der Waals surface area contributed by atoms with Crippen LogP contribution in [0.3, 0.4) is 0 Å². The standard InChI is InChI=1S/C21H23N5/c1-3-15-8-6-7-14(2)20(15)25-19-13-18(17-9-4-5-12-22-17)24-21(26-19)23-16-10-11-16/h4-9,12-13,16H,3,10-11H2,1-2H3,(H2,23,24,25,26). The fourth-order valence-corrected chi connectivity index (χ4v) is 2.96. The molecule has 1 aliphatic carbocycles. The highest BCUT2D eigenvalue weighted by molar-refractivity contribution is 5.69. The van der Waals surface area contributed by atoms with Crippen molar-refractivity contribution < 1.29 is 0 Å². The highest BCUT2D eigenvalue weighted by atomic mass is 15.2. The minimum atomic E-state index is 0.492. The summed E-state index contributed by atoms with van der Waals surface area (Å²) in [7, 11) is 0. The third-order valence-electron chi connectivity index (χ3n) is 4.56. The van der Waals surface area contributed by atoms with E-state index in [1.54, 1.807) is 6.20 Å². The largest absolute Gasteiger partial charge is 0.351 e. The van der Waals surface area contributed by atoms with Crippen LogP contribution in [-0.2, 0) is 6.42 Å². The topological polar surface area (TPSA) is 62.7 Å². The molecule has 0 bridgehead atoms. The quantitative estimate of drug-likeness (QED) is 0.676. The molecule has 4 rings (SSSR count). The van der Waals surface area contributed by atoms with E-state index in [9.17, 15) is 0 Å². The summed E-state index contributed by atoms with van der Waals surface area (Å²) in [6.07, 6.45) is 5.11. The van der Waals surface area contributed by atoms with Gasteiger partial charge in [-0.05, 0) is 49.4 Å². The lowest BCUT2D eigenvalue weighted by molar-refractivity contribution is 1.05. The summed E-state index contributed by atoms with van der Waals surface area (Å²) < 4.78 is 0. The number of rotatable bonds is 6. The molecule has 2 aromatic heterocycles. The van der Waals surface area contributed by atoms with Gasteiger partial charge in [0.05, 0.1) is 11.4 Å². The maximum atomic E-state index is 4.69. The lowest BCUT2D eigenvalue weighted by atomic mass is 10.1. The van der Waals surface area contributed by atoms with Crippen LogP contribution in [0.4, 0.5) is 17.5 Å². The fraction of sp³-hybridized carbons (Fsp3) is 0.286. The number of hydrogen-bond acceptors (Lipinski definition) is 5. The Kier molecular flexibility index (Phi) is 4.52. The van der Waals surface area contributed by atoms with Crippen molar-refractivity contribution in [2.75, 3.05) is 10.6 Å². The molecule has 3 aromatic rings. The van der Waals surface area contributed by atoms with Crippen LogP contribution in [0.5, 0.6) is 0 Å². The molecule has 0 saturated heterocycles. The number of aromatic nitrogens is 3. The van der Waals surface area contributed by atoms with Crippen LogP contribution in [-0.4, -0.2) is 21.0 Å². The van der Waals surface area contributed by atoms with Crippen molar-refractivity contribution in [3.8, 4) is 11.4 Å². The molecule has 0 amide bonds. The first kappa shape index (κ1) is 16.5. The molecule has 0 radical (unpaired) electrons. The Balaban J connectivity index is 1.73. The number of hydrogen-bond donors (Lipinski definition) is 2. The van der Waals surface area contributed by atoms with Crippen LogP contribution in [0.1, 0.15) is 30.9 Å². The second-order valence-corrected chi connectivity index (χ2v) is 6.68. The number of aryl methyl sites for hydroxylation is 2. The molecule has 0 atom stereocenters. The Morgan fingerprint density at radius 1 is 1.04 bits per heavy atom. The van der Waals surface area contributed by atoms with E-state index in [1.165, 1.54) is 24.0 Å².